The second kappa shape index (κ2) is 11.1. The highest BCUT2D eigenvalue weighted by Crippen LogP contribution is 2.33. The lowest BCUT2D eigenvalue weighted by Crippen LogP contribution is -2.40. The largest absolute Gasteiger partial charge is 0.494 e. The number of ether oxygens (including phenoxy) is 1. The van der Waals surface area contributed by atoms with E-state index in [0.29, 0.717) is 31.3 Å². The first-order valence-electron chi connectivity index (χ1n) is 11.8. The number of hydrazine groups is 1. The molecule has 8 nitrogen and oxygen atoms in total. The molecule has 1 atom stereocenters. The number of sulfonamides is 1. The van der Waals surface area contributed by atoms with E-state index >= 15 is 0 Å². The van der Waals surface area contributed by atoms with Gasteiger partial charge in [-0.25, -0.2) is 13.4 Å². The van der Waals surface area contributed by atoms with Gasteiger partial charge in [0.2, 0.25) is 5.91 Å². The van der Waals surface area contributed by atoms with Crippen molar-refractivity contribution < 1.29 is 22.7 Å². The number of rotatable bonds is 11. The van der Waals surface area contributed by atoms with Crippen LogP contribution < -0.4 is 14.9 Å². The number of nitrogens with one attached hydrogen (secondary N) is 2. The summed E-state index contributed by atoms with van der Waals surface area (Å²) in [6, 6.07) is 11.6. The van der Waals surface area contributed by atoms with Gasteiger partial charge in [0.15, 0.2) is 5.78 Å². The standard InChI is InChI=1S/C25H30ClN3O5S/c1-17(30)27-24-11-10-22(15-23(24)26)35(32,33)28-29-13-12-18(16-29)3-2-14-34-21-8-6-20(7-9-21)25(31)19-4-5-19/h6-11,15,18-19,28H,2-5,12-14,16H2,1H3,(H,27,30)/t18-/m1/s1. The van der Waals surface area contributed by atoms with E-state index in [1.165, 1.54) is 25.1 Å². The molecule has 2 aliphatic rings. The van der Waals surface area contributed by atoms with E-state index in [2.05, 4.69) is 10.1 Å². The highest BCUT2D eigenvalue weighted by molar-refractivity contribution is 7.89. The maximum absolute atomic E-state index is 12.8. The zero-order chi connectivity index (χ0) is 25.0. The molecule has 0 radical (unpaired) electrons. The Balaban J connectivity index is 1.19. The number of halogens is 1. The number of nitrogens with zero attached hydrogens (tertiary/aromatic N) is 1. The van der Waals surface area contributed by atoms with Gasteiger partial charge >= 0.3 is 0 Å². The van der Waals surface area contributed by atoms with Crippen molar-refractivity contribution in [1.29, 1.82) is 0 Å². The number of amides is 1. The van der Waals surface area contributed by atoms with Crippen molar-refractivity contribution in [2.75, 3.05) is 25.0 Å². The highest BCUT2D eigenvalue weighted by Gasteiger charge is 2.30. The molecule has 1 saturated carbocycles. The average molecular weight is 520 g/mol. The van der Waals surface area contributed by atoms with Gasteiger partial charge in [-0.2, -0.15) is 0 Å². The maximum Gasteiger partial charge on any atom is 0.253 e. The number of anilines is 1. The summed E-state index contributed by atoms with van der Waals surface area (Å²) < 4.78 is 31.3. The van der Waals surface area contributed by atoms with Gasteiger partial charge < -0.3 is 10.1 Å². The quantitative estimate of drug-likeness (QED) is 0.339. The number of Topliss-reactive ketones (excluding diaryl/α,β-unsaturated/α-hetero) is 1. The molecular weight excluding hydrogens is 490 g/mol. The van der Waals surface area contributed by atoms with E-state index in [-0.39, 0.29) is 27.5 Å². The van der Waals surface area contributed by atoms with Gasteiger partial charge in [-0.05, 0) is 80.5 Å². The normalized spacial score (nSPS) is 18.4. The molecule has 2 aromatic rings. The van der Waals surface area contributed by atoms with Crippen molar-refractivity contribution in [2.24, 2.45) is 11.8 Å². The van der Waals surface area contributed by atoms with Crippen molar-refractivity contribution in [2.45, 2.75) is 43.9 Å². The summed E-state index contributed by atoms with van der Waals surface area (Å²) >= 11 is 6.12. The van der Waals surface area contributed by atoms with Gasteiger partial charge in [-0.15, -0.1) is 4.83 Å². The van der Waals surface area contributed by atoms with Gasteiger partial charge in [0.1, 0.15) is 5.75 Å². The smallest absolute Gasteiger partial charge is 0.253 e. The third-order valence-electron chi connectivity index (χ3n) is 6.21. The monoisotopic (exact) mass is 519 g/mol. The molecule has 188 valence electrons. The number of hydrogen-bond acceptors (Lipinski definition) is 6. The Morgan fingerprint density at radius 1 is 1.11 bits per heavy atom. The van der Waals surface area contributed by atoms with E-state index in [1.807, 2.05) is 24.3 Å². The van der Waals surface area contributed by atoms with Crippen LogP contribution in [0.3, 0.4) is 0 Å². The molecule has 0 bridgehead atoms. The van der Waals surface area contributed by atoms with Crippen LogP contribution in [0.4, 0.5) is 5.69 Å². The van der Waals surface area contributed by atoms with Crippen LogP contribution in [0.2, 0.25) is 5.02 Å². The van der Waals surface area contributed by atoms with Crippen LogP contribution in [0.25, 0.3) is 0 Å². The summed E-state index contributed by atoms with van der Waals surface area (Å²) in [6.07, 6.45) is 4.67. The van der Waals surface area contributed by atoms with Gasteiger partial charge in [0.25, 0.3) is 10.0 Å². The van der Waals surface area contributed by atoms with Crippen molar-refractivity contribution in [3.05, 3.63) is 53.1 Å². The molecule has 35 heavy (non-hydrogen) atoms. The van der Waals surface area contributed by atoms with Gasteiger partial charge in [-0.3, -0.25) is 9.59 Å². The van der Waals surface area contributed by atoms with Crippen molar-refractivity contribution in [1.82, 2.24) is 9.84 Å². The number of hydrogen-bond donors (Lipinski definition) is 2. The van der Waals surface area contributed by atoms with E-state index in [0.717, 1.165) is 43.4 Å². The van der Waals surface area contributed by atoms with Crippen LogP contribution in [0.1, 0.15) is 49.4 Å². The molecular formula is C25H30ClN3O5S. The molecule has 1 amide bonds. The zero-order valence-electron chi connectivity index (χ0n) is 19.6. The molecule has 10 heteroatoms. The van der Waals surface area contributed by atoms with Gasteiger partial charge in [-0.1, -0.05) is 11.6 Å². The van der Waals surface area contributed by atoms with E-state index < -0.39 is 10.0 Å². The third kappa shape index (κ3) is 7.04. The topological polar surface area (TPSA) is 105 Å². The summed E-state index contributed by atoms with van der Waals surface area (Å²) in [5.41, 5.74) is 1.11. The van der Waals surface area contributed by atoms with E-state index in [1.54, 1.807) is 5.01 Å². The fraction of sp³-hybridized carbons (Fsp3) is 0.440. The minimum Gasteiger partial charge on any atom is -0.494 e. The van der Waals surface area contributed by atoms with Crippen LogP contribution in [0, 0.1) is 11.8 Å². The van der Waals surface area contributed by atoms with E-state index in [9.17, 15) is 18.0 Å². The molecule has 1 heterocycles. The Bertz CT molecular complexity index is 1180. The Morgan fingerprint density at radius 3 is 2.51 bits per heavy atom. The Morgan fingerprint density at radius 2 is 1.86 bits per heavy atom. The summed E-state index contributed by atoms with van der Waals surface area (Å²) in [6.45, 7) is 3.17. The van der Waals surface area contributed by atoms with Crippen LogP contribution >= 0.6 is 11.6 Å². The fourth-order valence-corrected chi connectivity index (χ4v) is 5.61. The molecule has 2 fully saturated rings. The Labute approximate surface area is 211 Å². The lowest BCUT2D eigenvalue weighted by atomic mass is 10.0. The predicted octanol–water partition coefficient (Wildman–Crippen LogP) is 4.27. The number of ketones is 1. The molecule has 0 unspecified atom stereocenters. The highest BCUT2D eigenvalue weighted by atomic mass is 35.5. The number of carbonyl (C=O) groups is 2. The van der Waals surface area contributed by atoms with Crippen LogP contribution in [-0.2, 0) is 14.8 Å². The third-order valence-corrected chi connectivity index (χ3v) is 7.89. The summed E-state index contributed by atoms with van der Waals surface area (Å²) in [5, 5.41) is 4.43. The summed E-state index contributed by atoms with van der Waals surface area (Å²) in [5.74, 6) is 1.27. The van der Waals surface area contributed by atoms with E-state index in [4.69, 9.17) is 16.3 Å². The molecule has 1 aliphatic carbocycles. The summed E-state index contributed by atoms with van der Waals surface area (Å²) in [4.78, 5) is 26.0. The second-order valence-electron chi connectivity index (χ2n) is 9.17. The molecule has 2 aromatic carbocycles. The number of carbonyl (C=O) groups excluding carboxylic acids is 2. The molecule has 2 N–H and O–H groups in total. The van der Waals surface area contributed by atoms with Crippen molar-refractivity contribution >= 4 is 39.0 Å². The first-order valence-corrected chi connectivity index (χ1v) is 13.7. The molecule has 1 aliphatic heterocycles. The summed E-state index contributed by atoms with van der Waals surface area (Å²) in [7, 11) is -3.78. The molecule has 1 saturated heterocycles. The zero-order valence-corrected chi connectivity index (χ0v) is 21.2. The number of benzene rings is 2. The van der Waals surface area contributed by atoms with Crippen molar-refractivity contribution in [3.63, 3.8) is 0 Å². The Hall–Kier alpha value is -2.46. The lowest BCUT2D eigenvalue weighted by molar-refractivity contribution is -0.114. The lowest BCUT2D eigenvalue weighted by Gasteiger charge is -2.18. The minimum absolute atomic E-state index is 0.0401. The first kappa shape index (κ1) is 25.6. The Kier molecular flexibility index (Phi) is 8.11. The van der Waals surface area contributed by atoms with Crippen LogP contribution in [0.15, 0.2) is 47.4 Å². The second-order valence-corrected chi connectivity index (χ2v) is 11.2. The molecule has 0 spiro atoms. The first-order chi connectivity index (χ1) is 16.7. The minimum atomic E-state index is -3.78. The van der Waals surface area contributed by atoms with Crippen molar-refractivity contribution in [3.8, 4) is 5.75 Å². The van der Waals surface area contributed by atoms with Crippen LogP contribution in [-0.4, -0.2) is 44.8 Å². The molecule has 0 aromatic heterocycles. The maximum atomic E-state index is 12.8. The van der Waals surface area contributed by atoms with Crippen LogP contribution in [0.5, 0.6) is 5.75 Å². The predicted molar refractivity (Wildman–Crippen MR) is 134 cm³/mol. The fourth-order valence-electron chi connectivity index (χ4n) is 4.19. The van der Waals surface area contributed by atoms with Gasteiger partial charge in [0, 0.05) is 31.5 Å². The average Bonchev–Trinajstić information content (AvgIpc) is 3.58. The SMILES string of the molecule is CC(=O)Nc1ccc(S(=O)(=O)NN2CC[C@@H](CCCOc3ccc(C(=O)C4CC4)cc3)C2)cc1Cl. The molecule has 4 rings (SSSR count). The van der Waals surface area contributed by atoms with Gasteiger partial charge in [0.05, 0.1) is 22.2 Å².